The van der Waals surface area contributed by atoms with Gasteiger partial charge in [-0.25, -0.2) is 9.97 Å². The third-order valence-corrected chi connectivity index (χ3v) is 2.63. The fourth-order valence-electron chi connectivity index (χ4n) is 1.35. The van der Waals surface area contributed by atoms with Crippen molar-refractivity contribution in [2.45, 2.75) is 6.92 Å². The van der Waals surface area contributed by atoms with Crippen LogP contribution in [0.3, 0.4) is 0 Å². The highest BCUT2D eigenvalue weighted by molar-refractivity contribution is 9.10. The Labute approximate surface area is 111 Å². The number of non-ortho nitro benzene ring substituents is 1. The predicted octanol–water partition coefficient (Wildman–Crippen LogP) is 3.25. The molecule has 0 amide bonds. The van der Waals surface area contributed by atoms with Crippen LogP contribution in [-0.4, -0.2) is 14.9 Å². The van der Waals surface area contributed by atoms with Crippen molar-refractivity contribution in [1.82, 2.24) is 9.97 Å². The van der Waals surface area contributed by atoms with E-state index in [2.05, 4.69) is 25.9 Å². The Bertz CT molecular complexity index is 604. The number of benzene rings is 1. The first-order valence-electron chi connectivity index (χ1n) is 4.96. The van der Waals surface area contributed by atoms with E-state index < -0.39 is 4.92 Å². The van der Waals surface area contributed by atoms with E-state index in [1.54, 1.807) is 19.1 Å². The number of nitro groups is 1. The molecule has 1 heterocycles. The van der Waals surface area contributed by atoms with Crippen molar-refractivity contribution in [2.24, 2.45) is 0 Å². The zero-order valence-electron chi connectivity index (χ0n) is 9.33. The minimum Gasteiger partial charge on any atom is -0.439 e. The van der Waals surface area contributed by atoms with E-state index >= 15 is 0 Å². The molecule has 0 aliphatic rings. The topological polar surface area (TPSA) is 78.2 Å². The quantitative estimate of drug-likeness (QED) is 0.494. The van der Waals surface area contributed by atoms with Crippen LogP contribution in [-0.2, 0) is 0 Å². The van der Waals surface area contributed by atoms with Crippen molar-refractivity contribution in [3.63, 3.8) is 0 Å². The second-order valence-electron chi connectivity index (χ2n) is 3.49. The van der Waals surface area contributed by atoms with E-state index in [9.17, 15) is 10.1 Å². The summed E-state index contributed by atoms with van der Waals surface area (Å²) in [5.41, 5.74) is 0.697. The van der Waals surface area contributed by atoms with Crippen LogP contribution in [0.25, 0.3) is 0 Å². The third kappa shape index (κ3) is 2.80. The lowest BCUT2D eigenvalue weighted by atomic mass is 10.2. The molecule has 0 spiro atoms. The maximum Gasteiger partial charge on any atom is 0.269 e. The number of rotatable bonds is 3. The number of aryl methyl sites for hydroxylation is 1. The molecule has 18 heavy (non-hydrogen) atoms. The van der Waals surface area contributed by atoms with Crippen LogP contribution in [0.4, 0.5) is 5.69 Å². The molecular weight excluding hydrogens is 302 g/mol. The zero-order valence-corrected chi connectivity index (χ0v) is 10.9. The van der Waals surface area contributed by atoms with E-state index in [1.807, 2.05) is 0 Å². The second-order valence-corrected chi connectivity index (χ2v) is 4.30. The van der Waals surface area contributed by atoms with Gasteiger partial charge in [0, 0.05) is 18.2 Å². The minimum absolute atomic E-state index is 0.0312. The molecule has 0 unspecified atom stereocenters. The van der Waals surface area contributed by atoms with Crippen LogP contribution < -0.4 is 4.74 Å². The van der Waals surface area contributed by atoms with Gasteiger partial charge >= 0.3 is 0 Å². The van der Waals surface area contributed by atoms with Crippen molar-refractivity contribution < 1.29 is 9.66 Å². The van der Waals surface area contributed by atoms with Crippen molar-refractivity contribution in [3.8, 4) is 11.6 Å². The molecule has 92 valence electrons. The highest BCUT2D eigenvalue weighted by atomic mass is 79.9. The molecular formula is C11H8BrN3O3. The first-order valence-corrected chi connectivity index (χ1v) is 5.76. The fraction of sp³-hybridized carbons (Fsp3) is 0.0909. The maximum atomic E-state index is 10.6. The molecule has 0 aliphatic carbocycles. The van der Waals surface area contributed by atoms with Gasteiger partial charge in [-0.1, -0.05) is 0 Å². The summed E-state index contributed by atoms with van der Waals surface area (Å²) in [6.07, 6.45) is 1.36. The lowest BCUT2D eigenvalue weighted by molar-refractivity contribution is -0.384. The Balaban J connectivity index is 2.27. The van der Waals surface area contributed by atoms with E-state index in [0.717, 1.165) is 0 Å². The molecule has 0 aliphatic heterocycles. The lowest BCUT2D eigenvalue weighted by Crippen LogP contribution is -1.93. The summed E-state index contributed by atoms with van der Waals surface area (Å²) < 4.78 is 6.12. The van der Waals surface area contributed by atoms with Gasteiger partial charge in [-0.05, 0) is 34.5 Å². The maximum absolute atomic E-state index is 10.6. The molecule has 6 nitrogen and oxygen atoms in total. The van der Waals surface area contributed by atoms with Crippen LogP contribution in [0.5, 0.6) is 11.6 Å². The SMILES string of the molecule is Cc1cc([N+](=O)[O-])ccc1Oc1cc(Br)ncn1. The molecule has 1 aromatic carbocycles. The summed E-state index contributed by atoms with van der Waals surface area (Å²) in [6, 6.07) is 5.99. The van der Waals surface area contributed by atoms with E-state index in [4.69, 9.17) is 4.74 Å². The van der Waals surface area contributed by atoms with Gasteiger partial charge in [0.1, 0.15) is 16.7 Å². The normalized spacial score (nSPS) is 10.1. The van der Waals surface area contributed by atoms with Crippen LogP contribution in [0.1, 0.15) is 5.56 Å². The largest absolute Gasteiger partial charge is 0.439 e. The highest BCUT2D eigenvalue weighted by Gasteiger charge is 2.10. The number of nitro benzene ring substituents is 1. The van der Waals surface area contributed by atoms with Crippen molar-refractivity contribution in [2.75, 3.05) is 0 Å². The number of aromatic nitrogens is 2. The number of nitrogens with zero attached hydrogens (tertiary/aromatic N) is 3. The Morgan fingerprint density at radius 3 is 2.72 bits per heavy atom. The van der Waals surface area contributed by atoms with Gasteiger partial charge in [0.15, 0.2) is 0 Å². The summed E-state index contributed by atoms with van der Waals surface area (Å²) in [5.74, 6) is 0.889. The van der Waals surface area contributed by atoms with Crippen molar-refractivity contribution in [1.29, 1.82) is 0 Å². The van der Waals surface area contributed by atoms with E-state index in [0.29, 0.717) is 21.8 Å². The first kappa shape index (κ1) is 12.4. The number of hydrogen-bond donors (Lipinski definition) is 0. The smallest absolute Gasteiger partial charge is 0.269 e. The zero-order chi connectivity index (χ0) is 13.1. The van der Waals surface area contributed by atoms with E-state index in [1.165, 1.54) is 18.5 Å². The van der Waals surface area contributed by atoms with Gasteiger partial charge in [-0.3, -0.25) is 10.1 Å². The fourth-order valence-corrected chi connectivity index (χ4v) is 1.63. The minimum atomic E-state index is -0.446. The van der Waals surface area contributed by atoms with Gasteiger partial charge < -0.3 is 4.74 Å². The van der Waals surface area contributed by atoms with Gasteiger partial charge in [-0.2, -0.15) is 0 Å². The summed E-state index contributed by atoms with van der Waals surface area (Å²) in [4.78, 5) is 18.0. The Kier molecular flexibility index (Phi) is 3.52. The van der Waals surface area contributed by atoms with Gasteiger partial charge in [0.2, 0.25) is 5.88 Å². The van der Waals surface area contributed by atoms with Gasteiger partial charge in [-0.15, -0.1) is 0 Å². The van der Waals surface area contributed by atoms with Crippen LogP contribution in [0, 0.1) is 17.0 Å². The average Bonchev–Trinajstić information content (AvgIpc) is 2.31. The highest BCUT2D eigenvalue weighted by Crippen LogP contribution is 2.27. The number of ether oxygens (including phenoxy) is 1. The summed E-state index contributed by atoms with van der Waals surface area (Å²) in [7, 11) is 0. The Morgan fingerprint density at radius 2 is 2.11 bits per heavy atom. The van der Waals surface area contributed by atoms with Gasteiger partial charge in [0.05, 0.1) is 4.92 Å². The molecule has 0 atom stereocenters. The van der Waals surface area contributed by atoms with E-state index in [-0.39, 0.29) is 5.69 Å². The molecule has 2 aromatic rings. The lowest BCUT2D eigenvalue weighted by Gasteiger charge is -2.07. The van der Waals surface area contributed by atoms with Crippen LogP contribution in [0.15, 0.2) is 35.2 Å². The molecule has 7 heteroatoms. The van der Waals surface area contributed by atoms with Crippen LogP contribution >= 0.6 is 15.9 Å². The van der Waals surface area contributed by atoms with Crippen molar-refractivity contribution in [3.05, 3.63) is 50.9 Å². The summed E-state index contributed by atoms with van der Waals surface area (Å²) in [6.45, 7) is 1.73. The summed E-state index contributed by atoms with van der Waals surface area (Å²) >= 11 is 3.20. The molecule has 0 N–H and O–H groups in total. The van der Waals surface area contributed by atoms with Crippen molar-refractivity contribution >= 4 is 21.6 Å². The Hall–Kier alpha value is -2.02. The molecule has 0 saturated carbocycles. The average molecular weight is 310 g/mol. The molecule has 2 rings (SSSR count). The second kappa shape index (κ2) is 5.09. The molecule has 0 saturated heterocycles. The first-order chi connectivity index (χ1) is 8.56. The standard InChI is InChI=1S/C11H8BrN3O3/c1-7-4-8(15(16)17)2-3-9(7)18-11-5-10(12)13-6-14-11/h2-6H,1H3. The molecule has 0 radical (unpaired) electrons. The molecule has 0 fully saturated rings. The molecule has 0 bridgehead atoms. The summed E-state index contributed by atoms with van der Waals surface area (Å²) in [5, 5.41) is 10.6. The number of halogens is 1. The van der Waals surface area contributed by atoms with Crippen LogP contribution in [0.2, 0.25) is 0 Å². The predicted molar refractivity (Wildman–Crippen MR) is 67.6 cm³/mol. The number of hydrogen-bond acceptors (Lipinski definition) is 5. The molecule has 1 aromatic heterocycles. The Morgan fingerprint density at radius 1 is 1.33 bits per heavy atom. The van der Waals surface area contributed by atoms with Gasteiger partial charge in [0.25, 0.3) is 5.69 Å². The monoisotopic (exact) mass is 309 g/mol. The third-order valence-electron chi connectivity index (χ3n) is 2.19.